The number of amides is 1. The minimum atomic E-state index is -0.144. The third-order valence-corrected chi connectivity index (χ3v) is 6.05. The lowest BCUT2D eigenvalue weighted by Gasteiger charge is -2.34. The molecule has 0 radical (unpaired) electrons. The van der Waals surface area contributed by atoms with Crippen LogP contribution in [0.4, 0.5) is 0 Å². The van der Waals surface area contributed by atoms with E-state index in [0.29, 0.717) is 19.3 Å². The van der Waals surface area contributed by atoms with Crippen molar-refractivity contribution in [1.29, 1.82) is 0 Å². The Hall–Kier alpha value is -2.88. The van der Waals surface area contributed by atoms with E-state index in [1.807, 2.05) is 38.1 Å². The van der Waals surface area contributed by atoms with E-state index >= 15 is 0 Å². The minimum absolute atomic E-state index is 0.00699. The number of Topliss-reactive ketones (excluding diaryl/α,β-unsaturated/α-hetero) is 1. The zero-order chi connectivity index (χ0) is 21.3. The van der Waals surface area contributed by atoms with Gasteiger partial charge in [0, 0.05) is 30.0 Å². The van der Waals surface area contributed by atoms with Gasteiger partial charge in [0.15, 0.2) is 5.78 Å². The van der Waals surface area contributed by atoms with Gasteiger partial charge in [-0.1, -0.05) is 43.3 Å². The van der Waals surface area contributed by atoms with E-state index in [1.165, 1.54) is 5.56 Å². The molecule has 2 atom stereocenters. The lowest BCUT2D eigenvalue weighted by atomic mass is 9.73. The topological polar surface area (TPSA) is 55.4 Å². The Balaban J connectivity index is 1.60. The molecule has 1 aliphatic heterocycles. The number of carbonyl (C=O) groups is 2. The standard InChI is InChI=1S/C26H29NO3/c1-4-17-5-7-19(8-6-17)22-15-25(29)27-23-13-20(14-24(28)26(22)23)18-9-11-21(12-10-18)30-16(2)3/h5-12,16,20,22H,4,13-15H2,1-3H3,(H,27,29). The molecule has 0 saturated heterocycles. The number of hydrogen-bond donors (Lipinski definition) is 1. The van der Waals surface area contributed by atoms with E-state index in [4.69, 9.17) is 4.74 Å². The van der Waals surface area contributed by atoms with Gasteiger partial charge >= 0.3 is 0 Å². The summed E-state index contributed by atoms with van der Waals surface area (Å²) in [6.07, 6.45) is 2.59. The van der Waals surface area contributed by atoms with Crippen LogP contribution in [-0.2, 0) is 16.0 Å². The summed E-state index contributed by atoms with van der Waals surface area (Å²) >= 11 is 0. The third kappa shape index (κ3) is 4.18. The summed E-state index contributed by atoms with van der Waals surface area (Å²) in [6.45, 7) is 6.12. The van der Waals surface area contributed by atoms with Gasteiger partial charge in [0.2, 0.25) is 5.91 Å². The van der Waals surface area contributed by atoms with Crippen molar-refractivity contribution < 1.29 is 14.3 Å². The van der Waals surface area contributed by atoms with Gasteiger partial charge in [0.05, 0.1) is 6.10 Å². The smallest absolute Gasteiger partial charge is 0.225 e. The lowest BCUT2D eigenvalue weighted by Crippen LogP contribution is -2.38. The number of aryl methyl sites for hydroxylation is 1. The second-order valence-corrected chi connectivity index (χ2v) is 8.56. The van der Waals surface area contributed by atoms with E-state index < -0.39 is 0 Å². The van der Waals surface area contributed by atoms with Gasteiger partial charge in [-0.15, -0.1) is 0 Å². The van der Waals surface area contributed by atoms with Crippen molar-refractivity contribution in [2.75, 3.05) is 0 Å². The van der Waals surface area contributed by atoms with Gasteiger partial charge in [-0.3, -0.25) is 9.59 Å². The molecule has 2 aliphatic rings. The maximum atomic E-state index is 13.2. The van der Waals surface area contributed by atoms with Crippen LogP contribution in [0, 0.1) is 0 Å². The quantitative estimate of drug-likeness (QED) is 0.761. The van der Waals surface area contributed by atoms with Crippen molar-refractivity contribution in [2.24, 2.45) is 0 Å². The Morgan fingerprint density at radius 2 is 1.60 bits per heavy atom. The predicted octanol–water partition coefficient (Wildman–Crippen LogP) is 5.04. The molecule has 0 bridgehead atoms. The molecule has 0 aromatic heterocycles. The number of carbonyl (C=O) groups excluding carboxylic acids is 2. The van der Waals surface area contributed by atoms with Crippen LogP contribution < -0.4 is 10.1 Å². The average Bonchev–Trinajstić information content (AvgIpc) is 2.73. The van der Waals surface area contributed by atoms with Gasteiger partial charge in [-0.25, -0.2) is 0 Å². The monoisotopic (exact) mass is 403 g/mol. The highest BCUT2D eigenvalue weighted by Gasteiger charge is 2.38. The Bertz CT molecular complexity index is 970. The first kappa shape index (κ1) is 20.4. The van der Waals surface area contributed by atoms with Crippen LogP contribution >= 0.6 is 0 Å². The zero-order valence-corrected chi connectivity index (χ0v) is 17.9. The molecule has 0 saturated carbocycles. The normalized spacial score (nSPS) is 21.5. The molecule has 2 aromatic rings. The molecule has 1 N–H and O–H groups in total. The summed E-state index contributed by atoms with van der Waals surface area (Å²) in [5.41, 5.74) is 5.02. The van der Waals surface area contributed by atoms with Crippen LogP contribution in [0.1, 0.15) is 68.6 Å². The van der Waals surface area contributed by atoms with Crippen LogP contribution in [0.15, 0.2) is 59.8 Å². The van der Waals surface area contributed by atoms with E-state index in [9.17, 15) is 9.59 Å². The number of allylic oxidation sites excluding steroid dienone is 2. The minimum Gasteiger partial charge on any atom is -0.491 e. The predicted molar refractivity (Wildman–Crippen MR) is 118 cm³/mol. The van der Waals surface area contributed by atoms with Crippen molar-refractivity contribution in [2.45, 2.75) is 64.4 Å². The second kappa shape index (κ2) is 8.47. The van der Waals surface area contributed by atoms with Crippen molar-refractivity contribution in [3.63, 3.8) is 0 Å². The third-order valence-electron chi connectivity index (χ3n) is 6.05. The number of rotatable bonds is 5. The largest absolute Gasteiger partial charge is 0.491 e. The average molecular weight is 404 g/mol. The van der Waals surface area contributed by atoms with Gasteiger partial charge in [0.1, 0.15) is 5.75 Å². The van der Waals surface area contributed by atoms with E-state index in [2.05, 4.69) is 36.5 Å². The molecule has 30 heavy (non-hydrogen) atoms. The van der Waals surface area contributed by atoms with Crippen molar-refractivity contribution in [1.82, 2.24) is 5.32 Å². The Labute approximate surface area is 178 Å². The highest BCUT2D eigenvalue weighted by atomic mass is 16.5. The molecule has 1 amide bonds. The van der Waals surface area contributed by atoms with Crippen LogP contribution in [0.25, 0.3) is 0 Å². The van der Waals surface area contributed by atoms with E-state index in [0.717, 1.165) is 34.6 Å². The molecule has 156 valence electrons. The van der Waals surface area contributed by atoms with Crippen molar-refractivity contribution >= 4 is 11.7 Å². The SMILES string of the molecule is CCc1ccc(C2CC(=O)NC3=C2C(=O)CC(c2ccc(OC(C)C)cc2)C3)cc1. The summed E-state index contributed by atoms with van der Waals surface area (Å²) in [7, 11) is 0. The molecule has 4 nitrogen and oxygen atoms in total. The van der Waals surface area contributed by atoms with E-state index in [-0.39, 0.29) is 29.6 Å². The summed E-state index contributed by atoms with van der Waals surface area (Å²) in [4.78, 5) is 25.7. The molecule has 1 heterocycles. The molecule has 4 rings (SSSR count). The Morgan fingerprint density at radius 3 is 2.23 bits per heavy atom. The van der Waals surface area contributed by atoms with Gasteiger partial charge < -0.3 is 10.1 Å². The number of ether oxygens (including phenoxy) is 1. The highest BCUT2D eigenvalue weighted by molar-refractivity contribution is 6.02. The molecule has 2 unspecified atom stereocenters. The number of nitrogens with one attached hydrogen (secondary N) is 1. The number of ketones is 1. The van der Waals surface area contributed by atoms with Crippen LogP contribution in [0.3, 0.4) is 0 Å². The Morgan fingerprint density at radius 1 is 0.933 bits per heavy atom. The molecule has 0 spiro atoms. The van der Waals surface area contributed by atoms with Crippen molar-refractivity contribution in [3.8, 4) is 5.75 Å². The first-order chi connectivity index (χ1) is 14.4. The summed E-state index contributed by atoms with van der Waals surface area (Å²) < 4.78 is 5.72. The van der Waals surface area contributed by atoms with Gasteiger partial charge in [-0.05, 0) is 61.4 Å². The lowest BCUT2D eigenvalue weighted by molar-refractivity contribution is -0.122. The van der Waals surface area contributed by atoms with E-state index in [1.54, 1.807) is 0 Å². The fourth-order valence-electron chi connectivity index (χ4n) is 4.56. The first-order valence-corrected chi connectivity index (χ1v) is 10.9. The van der Waals surface area contributed by atoms with Crippen molar-refractivity contribution in [3.05, 3.63) is 76.5 Å². The molecule has 1 aliphatic carbocycles. The second-order valence-electron chi connectivity index (χ2n) is 8.56. The number of hydrogen-bond acceptors (Lipinski definition) is 3. The Kier molecular flexibility index (Phi) is 5.76. The van der Waals surface area contributed by atoms with Gasteiger partial charge in [0.25, 0.3) is 0 Å². The summed E-state index contributed by atoms with van der Waals surface area (Å²) in [5, 5.41) is 3.00. The summed E-state index contributed by atoms with van der Waals surface area (Å²) in [5.74, 6) is 0.902. The van der Waals surface area contributed by atoms with Gasteiger partial charge in [-0.2, -0.15) is 0 Å². The van der Waals surface area contributed by atoms with Crippen LogP contribution in [0.2, 0.25) is 0 Å². The number of benzene rings is 2. The zero-order valence-electron chi connectivity index (χ0n) is 17.9. The highest BCUT2D eigenvalue weighted by Crippen LogP contribution is 2.42. The molecular formula is C26H29NO3. The maximum absolute atomic E-state index is 13.2. The fraction of sp³-hybridized carbons (Fsp3) is 0.385. The molecule has 4 heteroatoms. The molecular weight excluding hydrogens is 374 g/mol. The fourth-order valence-corrected chi connectivity index (χ4v) is 4.56. The summed E-state index contributed by atoms with van der Waals surface area (Å²) in [6, 6.07) is 16.3. The van der Waals surface area contributed by atoms with Crippen LogP contribution in [-0.4, -0.2) is 17.8 Å². The van der Waals surface area contributed by atoms with Crippen LogP contribution in [0.5, 0.6) is 5.75 Å². The molecule has 0 fully saturated rings. The molecule has 2 aromatic carbocycles. The first-order valence-electron chi connectivity index (χ1n) is 10.9. The maximum Gasteiger partial charge on any atom is 0.225 e.